The molecule has 0 aliphatic heterocycles. The van der Waals surface area contributed by atoms with Gasteiger partial charge in [0, 0.05) is 41.3 Å². The van der Waals surface area contributed by atoms with Crippen molar-refractivity contribution in [3.8, 4) is 11.3 Å². The van der Waals surface area contributed by atoms with Gasteiger partial charge in [0.15, 0.2) is 0 Å². The molecule has 2 amide bonds. The molecule has 164 valence electrons. The van der Waals surface area contributed by atoms with Crippen LogP contribution in [0.5, 0.6) is 0 Å². The Balaban J connectivity index is 1.11. The molecule has 2 aromatic heterocycles. The second kappa shape index (κ2) is 7.64. The molecule has 4 bridgehead atoms. The van der Waals surface area contributed by atoms with Gasteiger partial charge in [-0.05, 0) is 94.1 Å². The van der Waals surface area contributed by atoms with Crippen LogP contribution in [0.25, 0.3) is 11.3 Å². The van der Waals surface area contributed by atoms with E-state index in [4.69, 9.17) is 5.10 Å². The van der Waals surface area contributed by atoms with E-state index in [9.17, 15) is 4.79 Å². The molecule has 7 rings (SSSR count). The van der Waals surface area contributed by atoms with Crippen molar-refractivity contribution in [2.24, 2.45) is 17.8 Å². The minimum Gasteiger partial charge on any atom is -0.336 e. The molecule has 0 aromatic carbocycles. The average Bonchev–Trinajstić information content (AvgIpc) is 3.12. The summed E-state index contributed by atoms with van der Waals surface area (Å²) >= 11 is 0. The van der Waals surface area contributed by atoms with Gasteiger partial charge >= 0.3 is 6.03 Å². The number of hydrogen-bond donors (Lipinski definition) is 2. The molecule has 6 heteroatoms. The summed E-state index contributed by atoms with van der Waals surface area (Å²) in [5.41, 5.74) is 5.03. The number of pyridine rings is 1. The molecule has 31 heavy (non-hydrogen) atoms. The van der Waals surface area contributed by atoms with Crippen molar-refractivity contribution in [3.05, 3.63) is 35.8 Å². The Morgan fingerprint density at radius 1 is 1.03 bits per heavy atom. The molecule has 5 aliphatic carbocycles. The molecule has 5 aliphatic rings. The third-order valence-electron chi connectivity index (χ3n) is 8.24. The Morgan fingerprint density at radius 2 is 1.71 bits per heavy atom. The normalized spacial score (nSPS) is 30.8. The first kappa shape index (κ1) is 19.3. The van der Waals surface area contributed by atoms with Crippen LogP contribution >= 0.6 is 0 Å². The molecule has 0 atom stereocenters. The maximum absolute atomic E-state index is 12.8. The molecule has 4 saturated carbocycles. The highest BCUT2D eigenvalue weighted by molar-refractivity contribution is 5.75. The second-order valence-corrected chi connectivity index (χ2v) is 10.5. The first-order valence-corrected chi connectivity index (χ1v) is 12.2. The minimum atomic E-state index is 0.0114. The summed E-state index contributed by atoms with van der Waals surface area (Å²) in [7, 11) is 0. The van der Waals surface area contributed by atoms with E-state index in [1.54, 1.807) is 0 Å². The Bertz CT molecular complexity index is 931. The summed E-state index contributed by atoms with van der Waals surface area (Å²) in [4.78, 5) is 16.9. The fraction of sp³-hybridized carbons (Fsp3) is 0.640. The Morgan fingerprint density at radius 3 is 2.42 bits per heavy atom. The number of carbonyl (C=O) groups is 1. The molecule has 0 saturated heterocycles. The van der Waals surface area contributed by atoms with Gasteiger partial charge in [0.05, 0.1) is 12.2 Å². The van der Waals surface area contributed by atoms with Crippen molar-refractivity contribution in [1.82, 2.24) is 25.4 Å². The van der Waals surface area contributed by atoms with Crippen molar-refractivity contribution in [3.63, 3.8) is 0 Å². The lowest BCUT2D eigenvalue weighted by molar-refractivity contribution is -0.0135. The van der Waals surface area contributed by atoms with Gasteiger partial charge < -0.3 is 10.6 Å². The fourth-order valence-electron chi connectivity index (χ4n) is 7.42. The van der Waals surface area contributed by atoms with Crippen LogP contribution in [-0.4, -0.2) is 32.9 Å². The van der Waals surface area contributed by atoms with Crippen LogP contribution in [0.2, 0.25) is 0 Å². The molecule has 0 spiro atoms. The zero-order valence-corrected chi connectivity index (χ0v) is 18.3. The fourth-order valence-corrected chi connectivity index (χ4v) is 7.42. The number of amides is 2. The van der Waals surface area contributed by atoms with Crippen LogP contribution in [0.3, 0.4) is 0 Å². The smallest absolute Gasteiger partial charge is 0.315 e. The van der Waals surface area contributed by atoms with Crippen LogP contribution in [0.15, 0.2) is 24.5 Å². The first-order chi connectivity index (χ1) is 15.2. The van der Waals surface area contributed by atoms with Crippen LogP contribution in [0.4, 0.5) is 4.79 Å². The maximum Gasteiger partial charge on any atom is 0.315 e. The zero-order chi connectivity index (χ0) is 20.8. The van der Waals surface area contributed by atoms with E-state index >= 15 is 0 Å². The van der Waals surface area contributed by atoms with E-state index in [2.05, 4.69) is 20.3 Å². The summed E-state index contributed by atoms with van der Waals surface area (Å²) in [6.45, 7) is 1.34. The standard InChI is InChI=1S/C25H33N5O/c31-24(28-25-14-17-11-18(15-25)13-19(12-17)16-25)27-9-10-30-22-4-2-1-3-21(22)23(29-30)20-5-7-26-8-6-20/h5-8,17-19H,1-4,9-16H2,(H2,27,28,31). The highest BCUT2D eigenvalue weighted by Gasteiger charge is 2.51. The Labute approximate surface area is 184 Å². The SMILES string of the molecule is O=C(NCCn1nc(-c2ccncc2)c2c1CCCC2)NC12CC3CC(CC(C3)C1)C2. The number of aromatic nitrogens is 3. The maximum atomic E-state index is 12.8. The van der Waals surface area contributed by atoms with E-state index in [0.29, 0.717) is 6.54 Å². The third-order valence-corrected chi connectivity index (χ3v) is 8.24. The monoisotopic (exact) mass is 419 g/mol. The molecule has 0 radical (unpaired) electrons. The summed E-state index contributed by atoms with van der Waals surface area (Å²) in [6.07, 6.45) is 16.0. The van der Waals surface area contributed by atoms with Gasteiger partial charge in [-0.25, -0.2) is 4.79 Å². The highest BCUT2D eigenvalue weighted by atomic mass is 16.2. The van der Waals surface area contributed by atoms with Crippen molar-refractivity contribution < 1.29 is 4.79 Å². The average molecular weight is 420 g/mol. The number of rotatable bonds is 5. The largest absolute Gasteiger partial charge is 0.336 e. The Hall–Kier alpha value is -2.37. The summed E-state index contributed by atoms with van der Waals surface area (Å²) in [5, 5.41) is 11.5. The first-order valence-electron chi connectivity index (χ1n) is 12.2. The lowest BCUT2D eigenvalue weighted by atomic mass is 9.53. The minimum absolute atomic E-state index is 0.0114. The van der Waals surface area contributed by atoms with Crippen molar-refractivity contribution in [2.45, 2.75) is 76.3 Å². The van der Waals surface area contributed by atoms with E-state index < -0.39 is 0 Å². The van der Waals surface area contributed by atoms with Gasteiger partial charge in [0.25, 0.3) is 0 Å². The third kappa shape index (κ3) is 3.64. The second-order valence-electron chi connectivity index (χ2n) is 10.5. The van der Waals surface area contributed by atoms with E-state index in [1.165, 1.54) is 62.6 Å². The van der Waals surface area contributed by atoms with E-state index in [0.717, 1.165) is 48.4 Å². The van der Waals surface area contributed by atoms with Gasteiger partial charge in [-0.3, -0.25) is 9.67 Å². The molecule has 4 fully saturated rings. The van der Waals surface area contributed by atoms with Gasteiger partial charge in [-0.15, -0.1) is 0 Å². The number of hydrogen-bond acceptors (Lipinski definition) is 3. The predicted molar refractivity (Wildman–Crippen MR) is 120 cm³/mol. The van der Waals surface area contributed by atoms with Crippen LogP contribution in [-0.2, 0) is 19.4 Å². The number of fused-ring (bicyclic) bond motifs is 1. The van der Waals surface area contributed by atoms with Gasteiger partial charge in [-0.2, -0.15) is 5.10 Å². The molecule has 2 heterocycles. The molecule has 2 aromatic rings. The van der Waals surface area contributed by atoms with Crippen LogP contribution in [0, 0.1) is 17.8 Å². The van der Waals surface area contributed by atoms with Gasteiger partial charge in [0.1, 0.15) is 0 Å². The van der Waals surface area contributed by atoms with Crippen molar-refractivity contribution in [2.75, 3.05) is 6.54 Å². The number of urea groups is 1. The predicted octanol–water partition coefficient (Wildman–Crippen LogP) is 4.09. The molecule has 6 nitrogen and oxygen atoms in total. The molecule has 0 unspecified atom stereocenters. The Kier molecular flexibility index (Phi) is 4.77. The summed E-state index contributed by atoms with van der Waals surface area (Å²) in [6, 6.07) is 4.09. The lowest BCUT2D eigenvalue weighted by Gasteiger charge is -2.56. The molecular formula is C25H33N5O. The number of nitrogens with one attached hydrogen (secondary N) is 2. The lowest BCUT2D eigenvalue weighted by Crippen LogP contribution is -2.61. The molecular weight excluding hydrogens is 386 g/mol. The van der Waals surface area contributed by atoms with Crippen molar-refractivity contribution >= 4 is 6.03 Å². The van der Waals surface area contributed by atoms with Crippen LogP contribution in [0.1, 0.15) is 62.6 Å². The summed E-state index contributed by atoms with van der Waals surface area (Å²) < 4.78 is 2.13. The zero-order valence-electron chi connectivity index (χ0n) is 18.3. The van der Waals surface area contributed by atoms with Gasteiger partial charge in [-0.1, -0.05) is 0 Å². The number of nitrogens with zero attached hydrogens (tertiary/aromatic N) is 3. The van der Waals surface area contributed by atoms with Crippen LogP contribution < -0.4 is 10.6 Å². The van der Waals surface area contributed by atoms with Gasteiger partial charge in [0.2, 0.25) is 0 Å². The summed E-state index contributed by atoms with van der Waals surface area (Å²) in [5.74, 6) is 2.52. The van der Waals surface area contributed by atoms with E-state index in [1.807, 2.05) is 24.5 Å². The molecule has 2 N–H and O–H groups in total. The highest BCUT2D eigenvalue weighted by Crippen LogP contribution is 2.55. The number of carbonyl (C=O) groups excluding carboxylic acids is 1. The topological polar surface area (TPSA) is 71.8 Å². The quantitative estimate of drug-likeness (QED) is 0.767. The van der Waals surface area contributed by atoms with E-state index in [-0.39, 0.29) is 11.6 Å². The van der Waals surface area contributed by atoms with Crippen molar-refractivity contribution in [1.29, 1.82) is 0 Å².